The molecular weight excluding hydrogens is 276 g/mol. The highest BCUT2D eigenvalue weighted by Gasteiger charge is 2.61. The normalized spacial score (nSPS) is 42.5. The van der Waals surface area contributed by atoms with Crippen molar-refractivity contribution in [2.75, 3.05) is 0 Å². The largest absolute Gasteiger partial charge is 0.481 e. The van der Waals surface area contributed by atoms with Crippen LogP contribution in [0.3, 0.4) is 0 Å². The van der Waals surface area contributed by atoms with Crippen LogP contribution in [0.2, 0.25) is 0 Å². The van der Waals surface area contributed by atoms with Gasteiger partial charge in [-0.2, -0.15) is 0 Å². The van der Waals surface area contributed by atoms with Gasteiger partial charge in [0, 0.05) is 0 Å². The summed E-state index contributed by atoms with van der Waals surface area (Å²) in [5.41, 5.74) is 0.578. The van der Waals surface area contributed by atoms with Crippen molar-refractivity contribution in [3.63, 3.8) is 0 Å². The fourth-order valence-corrected chi connectivity index (χ4v) is 6.05. The van der Waals surface area contributed by atoms with E-state index < -0.39 is 11.6 Å². The minimum atomic E-state index is -0.685. The summed E-state index contributed by atoms with van der Waals surface area (Å²) in [5.74, 6) is 0.649. The zero-order valence-corrected chi connectivity index (χ0v) is 12.9. The van der Waals surface area contributed by atoms with Gasteiger partial charge >= 0.3 is 5.97 Å². The van der Waals surface area contributed by atoms with Crippen molar-refractivity contribution in [1.29, 1.82) is 0 Å². The second-order valence-electron chi connectivity index (χ2n) is 8.03. The van der Waals surface area contributed by atoms with Gasteiger partial charge in [-0.15, -0.1) is 0 Å². The summed E-state index contributed by atoms with van der Waals surface area (Å²) in [6.45, 7) is 0. The van der Waals surface area contributed by atoms with E-state index in [-0.39, 0.29) is 11.8 Å². The van der Waals surface area contributed by atoms with E-state index in [1.807, 2.05) is 18.2 Å². The molecule has 0 heterocycles. The molecule has 0 aromatic heterocycles. The number of carbonyl (C=O) groups is 1. The molecule has 2 atom stereocenters. The molecular formula is C19H24O3. The zero-order chi connectivity index (χ0) is 15.4. The molecule has 2 unspecified atom stereocenters. The van der Waals surface area contributed by atoms with Crippen LogP contribution in [-0.4, -0.2) is 21.8 Å². The second kappa shape index (κ2) is 4.82. The third-order valence-corrected chi connectivity index (χ3v) is 6.64. The van der Waals surface area contributed by atoms with Gasteiger partial charge in [0.1, 0.15) is 0 Å². The SMILES string of the molecule is O=C(O)CC1(Cc2ccccc2)C2CC3CC1CC(O)(C3)C2. The van der Waals surface area contributed by atoms with E-state index >= 15 is 0 Å². The Hall–Kier alpha value is -1.35. The van der Waals surface area contributed by atoms with Gasteiger partial charge in [-0.1, -0.05) is 30.3 Å². The monoisotopic (exact) mass is 300 g/mol. The Kier molecular flexibility index (Phi) is 3.12. The lowest BCUT2D eigenvalue weighted by Crippen LogP contribution is -2.61. The summed E-state index contributed by atoms with van der Waals surface area (Å²) in [6, 6.07) is 10.3. The Morgan fingerprint density at radius 3 is 2.27 bits per heavy atom. The van der Waals surface area contributed by atoms with Crippen molar-refractivity contribution in [3.05, 3.63) is 35.9 Å². The highest BCUT2D eigenvalue weighted by atomic mass is 16.4. The van der Waals surface area contributed by atoms with Crippen LogP contribution in [0.25, 0.3) is 0 Å². The predicted octanol–water partition coefficient (Wildman–Crippen LogP) is 3.26. The summed E-state index contributed by atoms with van der Waals surface area (Å²) in [4.78, 5) is 11.6. The van der Waals surface area contributed by atoms with E-state index in [0.717, 1.165) is 38.5 Å². The molecule has 4 bridgehead atoms. The van der Waals surface area contributed by atoms with Gasteiger partial charge in [0.15, 0.2) is 0 Å². The first-order valence-electron chi connectivity index (χ1n) is 8.47. The van der Waals surface area contributed by atoms with Crippen LogP contribution in [-0.2, 0) is 11.2 Å². The van der Waals surface area contributed by atoms with E-state index in [4.69, 9.17) is 0 Å². The minimum Gasteiger partial charge on any atom is -0.481 e. The third kappa shape index (κ3) is 2.18. The Morgan fingerprint density at radius 1 is 1.09 bits per heavy atom. The van der Waals surface area contributed by atoms with Crippen LogP contribution in [0.5, 0.6) is 0 Å². The molecule has 0 amide bonds. The van der Waals surface area contributed by atoms with Crippen LogP contribution in [0, 0.1) is 23.2 Å². The maximum absolute atomic E-state index is 11.6. The van der Waals surface area contributed by atoms with Crippen molar-refractivity contribution >= 4 is 5.97 Å². The topological polar surface area (TPSA) is 57.5 Å². The first kappa shape index (κ1) is 14.3. The summed E-state index contributed by atoms with van der Waals surface area (Å²) in [7, 11) is 0. The summed E-state index contributed by atoms with van der Waals surface area (Å²) in [5, 5.41) is 20.3. The average molecular weight is 300 g/mol. The quantitative estimate of drug-likeness (QED) is 0.897. The number of aliphatic hydroxyl groups is 1. The number of carboxylic acid groups (broad SMARTS) is 1. The molecule has 3 heteroatoms. The van der Waals surface area contributed by atoms with Gasteiger partial charge in [0.2, 0.25) is 0 Å². The standard InChI is InChI=1S/C19H24O3/c20-17(21)12-19(9-13-4-2-1-3-5-13)15-6-14-7-16(19)11-18(22,8-14)10-15/h1-5,14-16,22H,6-12H2,(H,20,21). The first-order chi connectivity index (χ1) is 10.5. The molecule has 2 N–H and O–H groups in total. The van der Waals surface area contributed by atoms with Gasteiger partial charge in [0.05, 0.1) is 12.0 Å². The molecule has 5 rings (SSSR count). The molecule has 4 aliphatic carbocycles. The van der Waals surface area contributed by atoms with E-state index in [9.17, 15) is 15.0 Å². The molecule has 4 aliphatic rings. The average Bonchev–Trinajstić information content (AvgIpc) is 2.43. The van der Waals surface area contributed by atoms with Gasteiger partial charge < -0.3 is 10.2 Å². The Morgan fingerprint density at radius 2 is 1.73 bits per heavy atom. The second-order valence-corrected chi connectivity index (χ2v) is 8.03. The minimum absolute atomic E-state index is 0.156. The Bertz CT molecular complexity index is 564. The molecule has 22 heavy (non-hydrogen) atoms. The molecule has 4 saturated carbocycles. The lowest BCUT2D eigenvalue weighted by Gasteiger charge is -2.64. The third-order valence-electron chi connectivity index (χ3n) is 6.64. The molecule has 3 nitrogen and oxygen atoms in total. The van der Waals surface area contributed by atoms with Gasteiger partial charge in [-0.3, -0.25) is 4.79 Å². The molecule has 4 fully saturated rings. The number of hydrogen-bond acceptors (Lipinski definition) is 2. The lowest BCUT2D eigenvalue weighted by molar-refractivity contribution is -0.198. The van der Waals surface area contributed by atoms with Crippen LogP contribution in [0.15, 0.2) is 30.3 Å². The van der Waals surface area contributed by atoms with E-state index in [1.54, 1.807) is 0 Å². The number of aliphatic carboxylic acids is 1. The zero-order valence-electron chi connectivity index (χ0n) is 12.9. The van der Waals surface area contributed by atoms with E-state index in [0.29, 0.717) is 17.8 Å². The van der Waals surface area contributed by atoms with Crippen molar-refractivity contribution in [3.8, 4) is 0 Å². The van der Waals surface area contributed by atoms with E-state index in [1.165, 1.54) is 5.56 Å². The summed E-state index contributed by atoms with van der Waals surface area (Å²) >= 11 is 0. The maximum atomic E-state index is 11.6. The number of hydrogen-bond donors (Lipinski definition) is 2. The molecule has 118 valence electrons. The molecule has 0 aliphatic heterocycles. The molecule has 0 radical (unpaired) electrons. The Labute approximate surface area is 131 Å². The fraction of sp³-hybridized carbons (Fsp3) is 0.632. The summed E-state index contributed by atoms with van der Waals surface area (Å²) in [6.07, 6.45) is 5.87. The van der Waals surface area contributed by atoms with E-state index in [2.05, 4.69) is 12.1 Å². The maximum Gasteiger partial charge on any atom is 0.303 e. The Balaban J connectivity index is 1.71. The van der Waals surface area contributed by atoms with Crippen molar-refractivity contribution in [2.45, 2.75) is 50.5 Å². The van der Waals surface area contributed by atoms with Gasteiger partial charge in [-0.05, 0) is 67.3 Å². The highest BCUT2D eigenvalue weighted by molar-refractivity contribution is 5.68. The first-order valence-corrected chi connectivity index (χ1v) is 8.47. The van der Waals surface area contributed by atoms with Crippen molar-refractivity contribution in [1.82, 2.24) is 0 Å². The van der Waals surface area contributed by atoms with Crippen molar-refractivity contribution < 1.29 is 15.0 Å². The van der Waals surface area contributed by atoms with Crippen LogP contribution >= 0.6 is 0 Å². The van der Waals surface area contributed by atoms with Crippen LogP contribution < -0.4 is 0 Å². The molecule has 1 aromatic rings. The van der Waals surface area contributed by atoms with Gasteiger partial charge in [-0.25, -0.2) is 0 Å². The fourth-order valence-electron chi connectivity index (χ4n) is 6.05. The van der Waals surface area contributed by atoms with Gasteiger partial charge in [0.25, 0.3) is 0 Å². The predicted molar refractivity (Wildman–Crippen MR) is 83.3 cm³/mol. The molecule has 0 saturated heterocycles. The van der Waals surface area contributed by atoms with Crippen LogP contribution in [0.1, 0.15) is 44.1 Å². The number of benzene rings is 1. The number of rotatable bonds is 4. The van der Waals surface area contributed by atoms with Crippen LogP contribution in [0.4, 0.5) is 0 Å². The van der Waals surface area contributed by atoms with Crippen molar-refractivity contribution in [2.24, 2.45) is 23.2 Å². The smallest absolute Gasteiger partial charge is 0.303 e. The number of carboxylic acids is 1. The lowest BCUT2D eigenvalue weighted by atomic mass is 9.42. The molecule has 0 spiro atoms. The highest BCUT2D eigenvalue weighted by Crippen LogP contribution is 2.65. The summed E-state index contributed by atoms with van der Waals surface area (Å²) < 4.78 is 0. The molecule has 1 aromatic carbocycles.